The number of rotatable bonds is 6. The monoisotopic (exact) mass is 433 g/mol. The second-order valence-electron chi connectivity index (χ2n) is 8.20. The van der Waals surface area contributed by atoms with Crippen LogP contribution in [0, 0.1) is 6.92 Å². The number of carbonyl (C=O) groups excluding carboxylic acids is 1. The second-order valence-corrected chi connectivity index (χ2v) is 8.20. The summed E-state index contributed by atoms with van der Waals surface area (Å²) in [4.78, 5) is 28.0. The number of carbonyl (C=O) groups is 1. The van der Waals surface area contributed by atoms with Crippen molar-refractivity contribution in [2.45, 2.75) is 32.5 Å². The molecule has 1 aliphatic rings. The number of amides is 1. The molecule has 1 N–H and O–H groups in total. The Balaban J connectivity index is 1.45. The van der Waals surface area contributed by atoms with E-state index in [1.807, 2.05) is 49.4 Å². The number of pyridine rings is 1. The number of aryl methyl sites for hydroxylation is 1. The average Bonchev–Trinajstić information content (AvgIpc) is 2.79. The summed E-state index contributed by atoms with van der Waals surface area (Å²) in [6, 6.07) is 13.4. The molecule has 0 bridgehead atoms. The van der Waals surface area contributed by atoms with E-state index in [1.54, 1.807) is 37.3 Å². The van der Waals surface area contributed by atoms with Crippen molar-refractivity contribution in [2.75, 3.05) is 25.0 Å². The molecule has 1 aromatic carbocycles. The van der Waals surface area contributed by atoms with Crippen molar-refractivity contribution < 1.29 is 14.3 Å². The first-order valence-electron chi connectivity index (χ1n) is 10.6. The SMILES string of the molecule is Cc1cccc(OC(C)(C)C(=O)N2CCO[C@@H](c3cccc(Nc4cnccn4)n3)C2)c1. The third kappa shape index (κ3) is 5.20. The Morgan fingerprint density at radius 1 is 1.19 bits per heavy atom. The van der Waals surface area contributed by atoms with Gasteiger partial charge in [-0.3, -0.25) is 9.78 Å². The van der Waals surface area contributed by atoms with Gasteiger partial charge in [0, 0.05) is 18.9 Å². The highest BCUT2D eigenvalue weighted by molar-refractivity contribution is 5.85. The van der Waals surface area contributed by atoms with Gasteiger partial charge in [-0.15, -0.1) is 0 Å². The van der Waals surface area contributed by atoms with Crippen molar-refractivity contribution >= 4 is 17.5 Å². The molecular formula is C24H27N5O3. The van der Waals surface area contributed by atoms with Gasteiger partial charge in [0.1, 0.15) is 23.5 Å². The molecule has 0 saturated carbocycles. The molecule has 3 aromatic rings. The van der Waals surface area contributed by atoms with E-state index >= 15 is 0 Å². The van der Waals surface area contributed by atoms with E-state index in [0.29, 0.717) is 37.1 Å². The molecule has 0 unspecified atom stereocenters. The van der Waals surface area contributed by atoms with Crippen LogP contribution in [0.4, 0.5) is 11.6 Å². The molecule has 2 aromatic heterocycles. The van der Waals surface area contributed by atoms with Gasteiger partial charge >= 0.3 is 0 Å². The molecule has 0 radical (unpaired) electrons. The van der Waals surface area contributed by atoms with Crippen molar-refractivity contribution in [3.63, 3.8) is 0 Å². The van der Waals surface area contributed by atoms with Gasteiger partial charge in [0.15, 0.2) is 5.60 Å². The quantitative estimate of drug-likeness (QED) is 0.634. The fraction of sp³-hybridized carbons (Fsp3) is 0.333. The smallest absolute Gasteiger partial charge is 0.266 e. The van der Waals surface area contributed by atoms with Gasteiger partial charge < -0.3 is 19.7 Å². The largest absolute Gasteiger partial charge is 0.478 e. The summed E-state index contributed by atoms with van der Waals surface area (Å²) in [6.07, 6.45) is 4.52. The Hall–Kier alpha value is -3.52. The van der Waals surface area contributed by atoms with E-state index in [-0.39, 0.29) is 12.0 Å². The van der Waals surface area contributed by atoms with E-state index in [2.05, 4.69) is 20.3 Å². The lowest BCUT2D eigenvalue weighted by atomic mass is 10.1. The van der Waals surface area contributed by atoms with E-state index in [9.17, 15) is 4.79 Å². The number of hydrogen-bond donors (Lipinski definition) is 1. The number of hydrogen-bond acceptors (Lipinski definition) is 7. The van der Waals surface area contributed by atoms with Crippen LogP contribution in [0.25, 0.3) is 0 Å². The zero-order chi connectivity index (χ0) is 22.6. The number of nitrogens with one attached hydrogen (secondary N) is 1. The molecule has 32 heavy (non-hydrogen) atoms. The number of nitrogens with zero attached hydrogens (tertiary/aromatic N) is 4. The van der Waals surface area contributed by atoms with Crippen LogP contribution in [0.1, 0.15) is 31.2 Å². The molecule has 0 spiro atoms. The molecule has 8 nitrogen and oxygen atoms in total. The summed E-state index contributed by atoms with van der Waals surface area (Å²) >= 11 is 0. The van der Waals surface area contributed by atoms with Crippen LogP contribution in [-0.4, -0.2) is 51.1 Å². The first-order chi connectivity index (χ1) is 15.4. The topological polar surface area (TPSA) is 89.5 Å². The van der Waals surface area contributed by atoms with Crippen molar-refractivity contribution in [3.05, 3.63) is 72.3 Å². The first-order valence-corrected chi connectivity index (χ1v) is 10.6. The maximum Gasteiger partial charge on any atom is 0.266 e. The van der Waals surface area contributed by atoms with E-state index < -0.39 is 5.60 Å². The highest BCUT2D eigenvalue weighted by Gasteiger charge is 2.37. The van der Waals surface area contributed by atoms with Crippen LogP contribution in [0.15, 0.2) is 61.1 Å². The van der Waals surface area contributed by atoms with Crippen molar-refractivity contribution in [1.29, 1.82) is 0 Å². The number of aromatic nitrogens is 3. The fourth-order valence-corrected chi connectivity index (χ4v) is 3.61. The van der Waals surface area contributed by atoms with Crippen LogP contribution >= 0.6 is 0 Å². The molecule has 8 heteroatoms. The maximum atomic E-state index is 13.3. The molecule has 1 fully saturated rings. The maximum absolute atomic E-state index is 13.3. The summed E-state index contributed by atoms with van der Waals surface area (Å²) in [6.45, 7) is 6.93. The number of anilines is 2. The lowest BCUT2D eigenvalue weighted by Crippen LogP contribution is -2.53. The van der Waals surface area contributed by atoms with Crippen molar-refractivity contribution in [1.82, 2.24) is 19.9 Å². The van der Waals surface area contributed by atoms with Gasteiger partial charge in [-0.05, 0) is 50.6 Å². The van der Waals surface area contributed by atoms with Gasteiger partial charge in [0.05, 0.1) is 25.0 Å². The van der Waals surface area contributed by atoms with Crippen molar-refractivity contribution in [3.8, 4) is 5.75 Å². The first kappa shape index (κ1) is 21.7. The number of morpholine rings is 1. The van der Waals surface area contributed by atoms with Gasteiger partial charge in [0.2, 0.25) is 0 Å². The molecule has 3 heterocycles. The molecule has 0 aliphatic carbocycles. The van der Waals surface area contributed by atoms with Gasteiger partial charge in [-0.2, -0.15) is 0 Å². The number of ether oxygens (including phenoxy) is 2. The summed E-state index contributed by atoms with van der Waals surface area (Å²) in [5, 5.41) is 3.13. The Labute approximate surface area is 187 Å². The summed E-state index contributed by atoms with van der Waals surface area (Å²) in [7, 11) is 0. The van der Waals surface area contributed by atoms with E-state index in [1.165, 1.54) is 0 Å². The van der Waals surface area contributed by atoms with Gasteiger partial charge in [-0.1, -0.05) is 18.2 Å². The second kappa shape index (κ2) is 9.32. The minimum atomic E-state index is -1.00. The molecule has 1 aliphatic heterocycles. The predicted molar refractivity (Wildman–Crippen MR) is 121 cm³/mol. The van der Waals surface area contributed by atoms with Crippen LogP contribution < -0.4 is 10.1 Å². The predicted octanol–water partition coefficient (Wildman–Crippen LogP) is 3.68. The minimum Gasteiger partial charge on any atom is -0.478 e. The molecular weight excluding hydrogens is 406 g/mol. The normalized spacial score (nSPS) is 16.5. The van der Waals surface area contributed by atoms with E-state index in [0.717, 1.165) is 11.3 Å². The zero-order valence-electron chi connectivity index (χ0n) is 18.5. The lowest BCUT2D eigenvalue weighted by Gasteiger charge is -2.37. The zero-order valence-corrected chi connectivity index (χ0v) is 18.5. The van der Waals surface area contributed by atoms with Crippen LogP contribution in [0.2, 0.25) is 0 Å². The lowest BCUT2D eigenvalue weighted by molar-refractivity contribution is -0.153. The molecule has 1 atom stereocenters. The minimum absolute atomic E-state index is 0.0823. The van der Waals surface area contributed by atoms with Crippen molar-refractivity contribution in [2.24, 2.45) is 0 Å². The molecule has 166 valence electrons. The molecule has 1 amide bonds. The Kier molecular flexibility index (Phi) is 6.32. The van der Waals surface area contributed by atoms with E-state index in [4.69, 9.17) is 9.47 Å². The fourth-order valence-electron chi connectivity index (χ4n) is 3.61. The van der Waals surface area contributed by atoms with Crippen LogP contribution in [0.5, 0.6) is 5.75 Å². The highest BCUT2D eigenvalue weighted by atomic mass is 16.5. The van der Waals surface area contributed by atoms with Crippen LogP contribution in [-0.2, 0) is 9.53 Å². The van der Waals surface area contributed by atoms with Gasteiger partial charge in [-0.25, -0.2) is 9.97 Å². The Morgan fingerprint density at radius 2 is 2.03 bits per heavy atom. The highest BCUT2D eigenvalue weighted by Crippen LogP contribution is 2.26. The van der Waals surface area contributed by atoms with Gasteiger partial charge in [0.25, 0.3) is 5.91 Å². The summed E-state index contributed by atoms with van der Waals surface area (Å²) in [5.74, 6) is 1.84. The summed E-state index contributed by atoms with van der Waals surface area (Å²) < 4.78 is 12.0. The molecule has 1 saturated heterocycles. The average molecular weight is 434 g/mol. The Morgan fingerprint density at radius 3 is 2.81 bits per heavy atom. The standard InChI is InChI=1S/C24H27N5O3/c1-17-6-4-7-18(14-17)32-24(2,3)23(30)29-12-13-31-20(16-29)19-8-5-9-21(27-19)28-22-15-25-10-11-26-22/h4-11,14-15,20H,12-13,16H2,1-3H3,(H,26,27,28)/t20-/m1/s1. The summed E-state index contributed by atoms with van der Waals surface area (Å²) in [5.41, 5.74) is 0.824. The van der Waals surface area contributed by atoms with Crippen LogP contribution in [0.3, 0.4) is 0 Å². The Bertz CT molecular complexity index is 1070. The molecule has 4 rings (SSSR count). The third-order valence-corrected chi connectivity index (χ3v) is 5.15. The number of benzene rings is 1. The third-order valence-electron chi connectivity index (χ3n) is 5.15.